The van der Waals surface area contributed by atoms with Gasteiger partial charge in [0.25, 0.3) is 5.92 Å². The Morgan fingerprint density at radius 2 is 2.00 bits per heavy atom. The van der Waals surface area contributed by atoms with Crippen molar-refractivity contribution < 1.29 is 13.6 Å². The Bertz CT molecular complexity index is 506. The first-order valence-electron chi connectivity index (χ1n) is 8.14. The Morgan fingerprint density at radius 1 is 1.35 bits per heavy atom. The van der Waals surface area contributed by atoms with Gasteiger partial charge in [-0.15, -0.1) is 0 Å². The Balaban J connectivity index is 2.00. The van der Waals surface area contributed by atoms with Crippen molar-refractivity contribution in [3.05, 3.63) is 35.9 Å². The molecule has 6 heteroatoms. The first kappa shape index (κ1) is 17.8. The number of likely N-dealkylation sites (N-methyl/N-ethyl adjacent to an activating group) is 1. The standard InChI is InChI=1S/C17H25F2N3O/c1-3-22(4-2)15(13-8-6-5-7-9-13)11-20-16(23)14-10-17(18,19)12-21-14/h5-9,14-15,21H,3-4,10-12H2,1-2H3,(H,20,23). The topological polar surface area (TPSA) is 44.4 Å². The number of halogens is 2. The molecule has 0 bridgehead atoms. The summed E-state index contributed by atoms with van der Waals surface area (Å²) in [6.07, 6.45) is -0.430. The molecule has 23 heavy (non-hydrogen) atoms. The van der Waals surface area contributed by atoms with Crippen molar-refractivity contribution >= 4 is 5.91 Å². The molecule has 1 fully saturated rings. The van der Waals surface area contributed by atoms with Gasteiger partial charge < -0.3 is 5.32 Å². The van der Waals surface area contributed by atoms with Crippen molar-refractivity contribution in [2.75, 3.05) is 26.2 Å². The van der Waals surface area contributed by atoms with Gasteiger partial charge in [0.1, 0.15) is 0 Å². The van der Waals surface area contributed by atoms with Gasteiger partial charge in [0.15, 0.2) is 0 Å². The summed E-state index contributed by atoms with van der Waals surface area (Å²) in [5.74, 6) is -3.14. The number of alkyl halides is 2. The number of hydrogen-bond donors (Lipinski definition) is 2. The maximum absolute atomic E-state index is 13.2. The van der Waals surface area contributed by atoms with Crippen molar-refractivity contribution in [3.63, 3.8) is 0 Å². The van der Waals surface area contributed by atoms with Crippen LogP contribution in [0.25, 0.3) is 0 Å². The van der Waals surface area contributed by atoms with Gasteiger partial charge in [-0.25, -0.2) is 8.78 Å². The smallest absolute Gasteiger partial charge is 0.262 e. The number of carbonyl (C=O) groups is 1. The lowest BCUT2D eigenvalue weighted by Crippen LogP contribution is -2.44. The normalized spacial score (nSPS) is 21.3. The summed E-state index contributed by atoms with van der Waals surface area (Å²) >= 11 is 0. The highest BCUT2D eigenvalue weighted by Gasteiger charge is 2.42. The van der Waals surface area contributed by atoms with Crippen molar-refractivity contribution in [2.24, 2.45) is 0 Å². The molecule has 1 aliphatic rings. The molecular weight excluding hydrogens is 300 g/mol. The predicted octanol–water partition coefficient (Wildman–Crippen LogP) is 2.18. The highest BCUT2D eigenvalue weighted by Crippen LogP contribution is 2.25. The monoisotopic (exact) mass is 325 g/mol. The summed E-state index contributed by atoms with van der Waals surface area (Å²) in [5, 5.41) is 5.43. The molecule has 1 heterocycles. The first-order valence-corrected chi connectivity index (χ1v) is 8.14. The maximum atomic E-state index is 13.2. The van der Waals surface area contributed by atoms with E-state index in [0.717, 1.165) is 18.7 Å². The molecule has 1 aliphatic heterocycles. The lowest BCUT2D eigenvalue weighted by Gasteiger charge is -2.30. The molecule has 0 radical (unpaired) electrons. The second-order valence-corrected chi connectivity index (χ2v) is 5.89. The number of nitrogens with one attached hydrogen (secondary N) is 2. The van der Waals surface area contributed by atoms with E-state index in [-0.39, 0.29) is 11.9 Å². The zero-order valence-corrected chi connectivity index (χ0v) is 13.7. The highest BCUT2D eigenvalue weighted by atomic mass is 19.3. The summed E-state index contributed by atoms with van der Waals surface area (Å²) in [7, 11) is 0. The van der Waals surface area contributed by atoms with Crippen LogP contribution in [0, 0.1) is 0 Å². The third-order valence-electron chi connectivity index (χ3n) is 4.33. The number of benzene rings is 1. The molecule has 1 amide bonds. The van der Waals surface area contributed by atoms with Gasteiger partial charge in [-0.1, -0.05) is 44.2 Å². The largest absolute Gasteiger partial charge is 0.353 e. The van der Waals surface area contributed by atoms with Gasteiger partial charge in [-0.05, 0) is 18.7 Å². The van der Waals surface area contributed by atoms with Gasteiger partial charge in [0.05, 0.1) is 18.6 Å². The van der Waals surface area contributed by atoms with E-state index in [1.54, 1.807) is 0 Å². The fraction of sp³-hybridized carbons (Fsp3) is 0.588. The quantitative estimate of drug-likeness (QED) is 0.808. The molecule has 2 rings (SSSR count). The third-order valence-corrected chi connectivity index (χ3v) is 4.33. The Morgan fingerprint density at radius 3 is 2.52 bits per heavy atom. The van der Waals surface area contributed by atoms with Gasteiger partial charge in [-0.2, -0.15) is 0 Å². The summed E-state index contributed by atoms with van der Waals surface area (Å²) < 4.78 is 26.4. The molecule has 128 valence electrons. The van der Waals surface area contributed by atoms with Crippen molar-refractivity contribution in [3.8, 4) is 0 Å². The molecule has 1 aromatic rings. The zero-order chi connectivity index (χ0) is 16.9. The van der Waals surface area contributed by atoms with Crippen LogP contribution in [0.3, 0.4) is 0 Å². The summed E-state index contributed by atoms with van der Waals surface area (Å²) in [6.45, 7) is 5.83. The van der Waals surface area contributed by atoms with Gasteiger partial charge >= 0.3 is 0 Å². The minimum Gasteiger partial charge on any atom is -0.353 e. The molecule has 0 aliphatic carbocycles. The number of carbonyl (C=O) groups excluding carboxylic acids is 1. The molecule has 4 nitrogen and oxygen atoms in total. The van der Waals surface area contributed by atoms with Crippen LogP contribution in [0.15, 0.2) is 30.3 Å². The molecule has 1 saturated heterocycles. The summed E-state index contributed by atoms with van der Waals surface area (Å²) in [5.41, 5.74) is 1.11. The van der Waals surface area contributed by atoms with Crippen LogP contribution in [0.1, 0.15) is 31.9 Å². The van der Waals surface area contributed by atoms with E-state index in [0.29, 0.717) is 6.54 Å². The number of rotatable bonds is 7. The van der Waals surface area contributed by atoms with E-state index in [1.807, 2.05) is 30.3 Å². The summed E-state index contributed by atoms with van der Waals surface area (Å²) in [6, 6.07) is 9.16. The average molecular weight is 325 g/mol. The minimum atomic E-state index is -2.79. The van der Waals surface area contributed by atoms with Crippen LogP contribution >= 0.6 is 0 Å². The van der Waals surface area contributed by atoms with E-state index in [1.165, 1.54) is 0 Å². The lowest BCUT2D eigenvalue weighted by molar-refractivity contribution is -0.123. The molecule has 0 spiro atoms. The van der Waals surface area contributed by atoms with E-state index >= 15 is 0 Å². The fourth-order valence-electron chi connectivity index (χ4n) is 3.02. The Hall–Kier alpha value is -1.53. The third kappa shape index (κ3) is 4.72. The van der Waals surface area contributed by atoms with Crippen LogP contribution in [-0.4, -0.2) is 49.0 Å². The van der Waals surface area contributed by atoms with E-state index in [9.17, 15) is 13.6 Å². The molecule has 1 aromatic carbocycles. The Labute approximate surface area is 136 Å². The second-order valence-electron chi connectivity index (χ2n) is 5.89. The Kier molecular flexibility index (Phi) is 6.07. The zero-order valence-electron chi connectivity index (χ0n) is 13.7. The second kappa shape index (κ2) is 7.84. The number of nitrogens with zero attached hydrogens (tertiary/aromatic N) is 1. The summed E-state index contributed by atoms with van der Waals surface area (Å²) in [4.78, 5) is 14.4. The average Bonchev–Trinajstić information content (AvgIpc) is 2.92. The number of amides is 1. The van der Waals surface area contributed by atoms with Gasteiger partial charge in [0, 0.05) is 13.0 Å². The SMILES string of the molecule is CCN(CC)C(CNC(=O)C1CC(F)(F)CN1)c1ccccc1. The molecule has 2 unspecified atom stereocenters. The molecule has 0 saturated carbocycles. The van der Waals surface area contributed by atoms with Crippen LogP contribution in [-0.2, 0) is 4.79 Å². The molecule has 2 atom stereocenters. The number of hydrogen-bond acceptors (Lipinski definition) is 3. The minimum absolute atomic E-state index is 0.0389. The van der Waals surface area contributed by atoms with Gasteiger partial charge in [0.2, 0.25) is 5.91 Å². The fourth-order valence-corrected chi connectivity index (χ4v) is 3.02. The van der Waals surface area contributed by atoms with Gasteiger partial charge in [-0.3, -0.25) is 15.0 Å². The molecule has 0 aromatic heterocycles. The van der Waals surface area contributed by atoms with Crippen LogP contribution in [0.2, 0.25) is 0 Å². The lowest BCUT2D eigenvalue weighted by atomic mass is 10.0. The van der Waals surface area contributed by atoms with E-state index in [2.05, 4.69) is 29.4 Å². The molecular formula is C17H25F2N3O. The first-order chi connectivity index (χ1) is 11.0. The van der Waals surface area contributed by atoms with Crippen molar-refractivity contribution in [1.82, 2.24) is 15.5 Å². The van der Waals surface area contributed by atoms with Crippen molar-refractivity contribution in [1.29, 1.82) is 0 Å². The van der Waals surface area contributed by atoms with Crippen LogP contribution in [0.5, 0.6) is 0 Å². The van der Waals surface area contributed by atoms with Crippen molar-refractivity contribution in [2.45, 2.75) is 38.3 Å². The van der Waals surface area contributed by atoms with E-state index in [4.69, 9.17) is 0 Å². The maximum Gasteiger partial charge on any atom is 0.262 e. The van der Waals surface area contributed by atoms with Crippen LogP contribution in [0.4, 0.5) is 8.78 Å². The highest BCUT2D eigenvalue weighted by molar-refractivity contribution is 5.82. The van der Waals surface area contributed by atoms with E-state index < -0.39 is 24.9 Å². The van der Waals surface area contributed by atoms with Crippen LogP contribution < -0.4 is 10.6 Å². The molecule has 2 N–H and O–H groups in total. The predicted molar refractivity (Wildman–Crippen MR) is 86.5 cm³/mol.